The molecule has 2 heterocycles. The van der Waals surface area contributed by atoms with Crippen LogP contribution < -0.4 is 0 Å². The average Bonchev–Trinajstić information content (AvgIpc) is 3.20. The molecule has 0 saturated carbocycles. The molecule has 0 fully saturated rings. The third kappa shape index (κ3) is 2.63. The van der Waals surface area contributed by atoms with E-state index in [2.05, 4.69) is 15.1 Å². The fourth-order valence-electron chi connectivity index (χ4n) is 2.26. The number of para-hydroxylation sites is 2. The number of imidazole rings is 1. The molecule has 4 aromatic rings. The molecule has 0 unspecified atom stereocenters. The Morgan fingerprint density at radius 3 is 2.68 bits per heavy atom. The number of fused-ring (bicyclic) bond motifs is 1. The van der Waals surface area contributed by atoms with Gasteiger partial charge >= 0.3 is 0 Å². The predicted molar refractivity (Wildman–Crippen MR) is 87.6 cm³/mol. The van der Waals surface area contributed by atoms with Crippen molar-refractivity contribution in [1.29, 1.82) is 0 Å². The molecule has 0 atom stereocenters. The number of rotatable bonds is 4. The number of aromatic amines is 1. The Morgan fingerprint density at radius 1 is 1.00 bits per heavy atom. The van der Waals surface area contributed by atoms with E-state index in [4.69, 9.17) is 4.52 Å². The summed E-state index contributed by atoms with van der Waals surface area (Å²) in [5.74, 6) is 1.53. The molecule has 2 aromatic heterocycles. The van der Waals surface area contributed by atoms with E-state index in [0.717, 1.165) is 33.2 Å². The Hall–Kier alpha value is -2.53. The molecule has 0 aliphatic heterocycles. The molecule has 0 amide bonds. The minimum atomic E-state index is 0.694. The Labute approximate surface area is 131 Å². The zero-order valence-electron chi connectivity index (χ0n) is 11.7. The number of thioether (sulfide) groups is 1. The van der Waals surface area contributed by atoms with Crippen molar-refractivity contribution < 1.29 is 4.52 Å². The number of hydrogen-bond acceptors (Lipinski definition) is 4. The van der Waals surface area contributed by atoms with Crippen LogP contribution in [0, 0.1) is 0 Å². The van der Waals surface area contributed by atoms with E-state index < -0.39 is 0 Å². The lowest BCUT2D eigenvalue weighted by Crippen LogP contribution is -1.78. The van der Waals surface area contributed by atoms with Crippen LogP contribution in [0.4, 0.5) is 0 Å². The number of aromatic nitrogens is 3. The molecule has 0 bridgehead atoms. The van der Waals surface area contributed by atoms with Gasteiger partial charge in [0.1, 0.15) is 11.5 Å². The van der Waals surface area contributed by atoms with Gasteiger partial charge in [0.2, 0.25) is 0 Å². The molecule has 0 spiro atoms. The van der Waals surface area contributed by atoms with Crippen LogP contribution in [0.1, 0.15) is 5.76 Å². The zero-order valence-corrected chi connectivity index (χ0v) is 12.5. The Kier molecular flexibility index (Phi) is 3.40. The summed E-state index contributed by atoms with van der Waals surface area (Å²) in [6.07, 6.45) is 0. The summed E-state index contributed by atoms with van der Waals surface area (Å²) in [5, 5.41) is 5.01. The Bertz CT molecular complexity index is 865. The van der Waals surface area contributed by atoms with Gasteiger partial charge in [0.25, 0.3) is 0 Å². The number of H-pyrrole nitrogens is 1. The van der Waals surface area contributed by atoms with Crippen LogP contribution >= 0.6 is 11.8 Å². The number of hydrogen-bond donors (Lipinski definition) is 1. The van der Waals surface area contributed by atoms with Crippen molar-refractivity contribution in [2.24, 2.45) is 0 Å². The van der Waals surface area contributed by atoms with Crippen LogP contribution in [0.25, 0.3) is 22.3 Å². The highest BCUT2D eigenvalue weighted by Crippen LogP contribution is 2.25. The normalized spacial score (nSPS) is 11.1. The highest BCUT2D eigenvalue weighted by molar-refractivity contribution is 7.98. The Morgan fingerprint density at radius 2 is 1.82 bits per heavy atom. The standard InChI is InChI=1S/C17H13N3OS/c1-2-6-12(7-3-1)16-10-13(21-20-16)11-22-17-18-14-8-4-5-9-15(14)19-17/h1-10H,11H2,(H,18,19). The second-order valence-corrected chi connectivity index (χ2v) is 5.86. The van der Waals surface area contributed by atoms with E-state index in [1.54, 1.807) is 11.8 Å². The van der Waals surface area contributed by atoms with E-state index in [-0.39, 0.29) is 0 Å². The fourth-order valence-corrected chi connectivity index (χ4v) is 3.02. The SMILES string of the molecule is c1ccc(-c2cc(CSc3nc4ccccc4[nH]3)on2)cc1. The first-order valence-corrected chi connectivity index (χ1v) is 7.95. The van der Waals surface area contributed by atoms with Crippen LogP contribution in [0.2, 0.25) is 0 Å². The molecule has 1 N–H and O–H groups in total. The zero-order chi connectivity index (χ0) is 14.8. The van der Waals surface area contributed by atoms with Gasteiger partial charge in [0.05, 0.1) is 16.8 Å². The lowest BCUT2D eigenvalue weighted by molar-refractivity contribution is 0.397. The van der Waals surface area contributed by atoms with Gasteiger partial charge in [-0.15, -0.1) is 0 Å². The van der Waals surface area contributed by atoms with Gasteiger partial charge in [-0.1, -0.05) is 59.4 Å². The van der Waals surface area contributed by atoms with Gasteiger partial charge in [-0.05, 0) is 12.1 Å². The van der Waals surface area contributed by atoms with Crippen molar-refractivity contribution in [3.05, 3.63) is 66.4 Å². The van der Waals surface area contributed by atoms with Gasteiger partial charge in [0.15, 0.2) is 5.16 Å². The number of benzene rings is 2. The van der Waals surface area contributed by atoms with Crippen molar-refractivity contribution in [1.82, 2.24) is 15.1 Å². The van der Waals surface area contributed by atoms with Gasteiger partial charge in [0, 0.05) is 11.6 Å². The number of nitrogens with one attached hydrogen (secondary N) is 1. The van der Waals surface area contributed by atoms with Crippen molar-refractivity contribution in [2.75, 3.05) is 0 Å². The minimum Gasteiger partial charge on any atom is -0.360 e. The fraction of sp³-hybridized carbons (Fsp3) is 0.0588. The summed E-state index contributed by atoms with van der Waals surface area (Å²) < 4.78 is 5.40. The second-order valence-electron chi connectivity index (χ2n) is 4.89. The summed E-state index contributed by atoms with van der Waals surface area (Å²) in [4.78, 5) is 7.83. The maximum absolute atomic E-state index is 5.40. The van der Waals surface area contributed by atoms with Crippen LogP contribution in [-0.4, -0.2) is 15.1 Å². The minimum absolute atomic E-state index is 0.694. The summed E-state index contributed by atoms with van der Waals surface area (Å²) >= 11 is 1.61. The molecule has 0 saturated heterocycles. The van der Waals surface area contributed by atoms with Gasteiger partial charge < -0.3 is 9.51 Å². The molecule has 5 heteroatoms. The molecule has 4 nitrogen and oxygen atoms in total. The largest absolute Gasteiger partial charge is 0.360 e. The predicted octanol–water partition coefficient (Wildman–Crippen LogP) is 4.51. The molecular formula is C17H13N3OS. The third-order valence-electron chi connectivity index (χ3n) is 3.35. The maximum Gasteiger partial charge on any atom is 0.166 e. The first-order chi connectivity index (χ1) is 10.9. The Balaban J connectivity index is 1.49. The van der Waals surface area contributed by atoms with Crippen LogP contribution in [0.3, 0.4) is 0 Å². The highest BCUT2D eigenvalue weighted by atomic mass is 32.2. The topological polar surface area (TPSA) is 54.7 Å². The van der Waals surface area contributed by atoms with Crippen molar-refractivity contribution >= 4 is 22.8 Å². The van der Waals surface area contributed by atoms with E-state index in [9.17, 15) is 0 Å². The molecule has 2 aromatic carbocycles. The quantitative estimate of drug-likeness (QED) is 0.564. The summed E-state index contributed by atoms with van der Waals surface area (Å²) in [6.45, 7) is 0. The maximum atomic E-state index is 5.40. The molecule has 22 heavy (non-hydrogen) atoms. The number of nitrogens with zero attached hydrogens (tertiary/aromatic N) is 2. The van der Waals surface area contributed by atoms with E-state index in [1.807, 2.05) is 60.7 Å². The first-order valence-electron chi connectivity index (χ1n) is 6.97. The van der Waals surface area contributed by atoms with E-state index >= 15 is 0 Å². The van der Waals surface area contributed by atoms with Crippen LogP contribution in [0.15, 0.2) is 70.3 Å². The molecule has 0 aliphatic carbocycles. The van der Waals surface area contributed by atoms with Gasteiger partial charge in [-0.3, -0.25) is 0 Å². The van der Waals surface area contributed by atoms with Gasteiger partial charge in [-0.2, -0.15) is 0 Å². The average molecular weight is 307 g/mol. The summed E-state index contributed by atoms with van der Waals surface area (Å²) in [6, 6.07) is 20.0. The van der Waals surface area contributed by atoms with E-state index in [1.165, 1.54) is 0 Å². The van der Waals surface area contributed by atoms with Crippen LogP contribution in [-0.2, 0) is 5.75 Å². The highest BCUT2D eigenvalue weighted by Gasteiger charge is 2.08. The molecular weight excluding hydrogens is 294 g/mol. The molecule has 108 valence electrons. The smallest absolute Gasteiger partial charge is 0.166 e. The summed E-state index contributed by atoms with van der Waals surface area (Å²) in [7, 11) is 0. The second kappa shape index (κ2) is 5.69. The molecule has 4 rings (SSSR count). The van der Waals surface area contributed by atoms with Crippen molar-refractivity contribution in [2.45, 2.75) is 10.9 Å². The van der Waals surface area contributed by atoms with Gasteiger partial charge in [-0.25, -0.2) is 4.98 Å². The lowest BCUT2D eigenvalue weighted by Gasteiger charge is -1.92. The lowest BCUT2D eigenvalue weighted by atomic mass is 10.1. The molecule has 0 radical (unpaired) electrons. The molecule has 0 aliphatic rings. The monoisotopic (exact) mass is 307 g/mol. The summed E-state index contributed by atoms with van der Waals surface area (Å²) in [5.41, 5.74) is 3.95. The van der Waals surface area contributed by atoms with Crippen molar-refractivity contribution in [3.8, 4) is 11.3 Å². The van der Waals surface area contributed by atoms with E-state index in [0.29, 0.717) is 5.75 Å². The van der Waals surface area contributed by atoms with Crippen molar-refractivity contribution in [3.63, 3.8) is 0 Å². The first kappa shape index (κ1) is 13.2. The van der Waals surface area contributed by atoms with Crippen LogP contribution in [0.5, 0.6) is 0 Å². The third-order valence-corrected chi connectivity index (χ3v) is 4.24.